The first-order valence-corrected chi connectivity index (χ1v) is 6.78. The van der Waals surface area contributed by atoms with Gasteiger partial charge in [0, 0.05) is 23.8 Å². The van der Waals surface area contributed by atoms with Crippen molar-refractivity contribution in [3.63, 3.8) is 0 Å². The second-order valence-electron chi connectivity index (χ2n) is 4.52. The Morgan fingerprint density at radius 2 is 1.43 bits per heavy atom. The lowest BCUT2D eigenvalue weighted by molar-refractivity contribution is 1.14. The van der Waals surface area contributed by atoms with Gasteiger partial charge in [-0.25, -0.2) is 9.97 Å². The maximum atomic E-state index is 4.19. The van der Waals surface area contributed by atoms with Gasteiger partial charge in [0.05, 0.1) is 0 Å². The van der Waals surface area contributed by atoms with Crippen molar-refractivity contribution < 1.29 is 0 Å². The zero-order valence-corrected chi connectivity index (χ0v) is 11.5. The SMILES string of the molecule is C(=Cc1ccccc1Nc1ccccc1)c1ncccn1. The molecule has 102 valence electrons. The van der Waals surface area contributed by atoms with Crippen LogP contribution in [0.2, 0.25) is 0 Å². The summed E-state index contributed by atoms with van der Waals surface area (Å²) in [5.41, 5.74) is 3.21. The molecule has 3 aromatic rings. The summed E-state index contributed by atoms with van der Waals surface area (Å²) in [4.78, 5) is 8.38. The molecule has 3 rings (SSSR count). The zero-order chi connectivity index (χ0) is 14.3. The molecule has 0 unspecified atom stereocenters. The fraction of sp³-hybridized carbons (Fsp3) is 0. The summed E-state index contributed by atoms with van der Waals surface area (Å²) in [6.07, 6.45) is 7.40. The number of anilines is 2. The molecule has 0 aliphatic rings. The number of benzene rings is 2. The average Bonchev–Trinajstić information content (AvgIpc) is 2.56. The van der Waals surface area contributed by atoms with Gasteiger partial charge in [-0.3, -0.25) is 0 Å². The number of para-hydroxylation sites is 2. The van der Waals surface area contributed by atoms with Gasteiger partial charge in [-0.05, 0) is 42.0 Å². The van der Waals surface area contributed by atoms with Crippen LogP contribution in [0.25, 0.3) is 12.2 Å². The van der Waals surface area contributed by atoms with Gasteiger partial charge in [0.2, 0.25) is 0 Å². The molecular weight excluding hydrogens is 258 g/mol. The zero-order valence-electron chi connectivity index (χ0n) is 11.5. The van der Waals surface area contributed by atoms with Crippen molar-refractivity contribution in [1.29, 1.82) is 0 Å². The van der Waals surface area contributed by atoms with E-state index in [1.807, 2.05) is 60.7 Å². The third-order valence-corrected chi connectivity index (χ3v) is 3.01. The van der Waals surface area contributed by atoms with E-state index in [-0.39, 0.29) is 0 Å². The lowest BCUT2D eigenvalue weighted by Crippen LogP contribution is -1.92. The largest absolute Gasteiger partial charge is 0.355 e. The van der Waals surface area contributed by atoms with Gasteiger partial charge in [-0.15, -0.1) is 0 Å². The molecule has 3 nitrogen and oxygen atoms in total. The van der Waals surface area contributed by atoms with E-state index in [0.717, 1.165) is 16.9 Å². The van der Waals surface area contributed by atoms with Crippen molar-refractivity contribution in [3.05, 3.63) is 84.4 Å². The smallest absolute Gasteiger partial charge is 0.151 e. The summed E-state index contributed by atoms with van der Waals surface area (Å²) in [7, 11) is 0. The van der Waals surface area contributed by atoms with Crippen molar-refractivity contribution >= 4 is 23.5 Å². The second-order valence-corrected chi connectivity index (χ2v) is 4.52. The van der Waals surface area contributed by atoms with Crippen molar-refractivity contribution in [2.45, 2.75) is 0 Å². The van der Waals surface area contributed by atoms with Gasteiger partial charge in [-0.2, -0.15) is 0 Å². The number of nitrogens with one attached hydrogen (secondary N) is 1. The molecule has 0 radical (unpaired) electrons. The molecular formula is C18H15N3. The van der Waals surface area contributed by atoms with Crippen molar-refractivity contribution in [3.8, 4) is 0 Å². The summed E-state index contributed by atoms with van der Waals surface area (Å²) >= 11 is 0. The molecule has 0 fully saturated rings. The Hall–Kier alpha value is -2.94. The lowest BCUT2D eigenvalue weighted by Gasteiger charge is -2.09. The molecule has 2 aromatic carbocycles. The summed E-state index contributed by atoms with van der Waals surface area (Å²) < 4.78 is 0. The van der Waals surface area contributed by atoms with Crippen LogP contribution in [-0.2, 0) is 0 Å². The Bertz CT molecular complexity index is 722. The fourth-order valence-electron chi connectivity index (χ4n) is 1.99. The van der Waals surface area contributed by atoms with Crippen LogP contribution in [0.5, 0.6) is 0 Å². The minimum absolute atomic E-state index is 0.701. The van der Waals surface area contributed by atoms with E-state index in [4.69, 9.17) is 0 Å². The first-order chi connectivity index (χ1) is 10.4. The highest BCUT2D eigenvalue weighted by molar-refractivity contribution is 5.77. The van der Waals surface area contributed by atoms with Crippen LogP contribution in [0.1, 0.15) is 11.4 Å². The molecule has 0 aliphatic carbocycles. The maximum Gasteiger partial charge on any atom is 0.151 e. The third-order valence-electron chi connectivity index (χ3n) is 3.01. The van der Waals surface area contributed by atoms with Gasteiger partial charge in [0.25, 0.3) is 0 Å². The molecule has 3 heteroatoms. The highest BCUT2D eigenvalue weighted by atomic mass is 14.9. The molecule has 0 aliphatic heterocycles. The van der Waals surface area contributed by atoms with Crippen molar-refractivity contribution in [2.75, 3.05) is 5.32 Å². The third kappa shape index (κ3) is 3.54. The summed E-state index contributed by atoms with van der Waals surface area (Å²) in [6.45, 7) is 0. The van der Waals surface area contributed by atoms with Gasteiger partial charge in [0.1, 0.15) is 0 Å². The lowest BCUT2D eigenvalue weighted by atomic mass is 10.1. The molecule has 21 heavy (non-hydrogen) atoms. The molecule has 0 spiro atoms. The van der Waals surface area contributed by atoms with Crippen LogP contribution in [0.15, 0.2) is 73.1 Å². The molecule has 0 atom stereocenters. The Morgan fingerprint density at radius 1 is 0.714 bits per heavy atom. The Morgan fingerprint density at radius 3 is 2.24 bits per heavy atom. The van der Waals surface area contributed by atoms with Crippen LogP contribution in [0.3, 0.4) is 0 Å². The molecule has 0 bridgehead atoms. The highest BCUT2D eigenvalue weighted by Gasteiger charge is 1.99. The molecule has 1 aromatic heterocycles. The van der Waals surface area contributed by atoms with Crippen LogP contribution >= 0.6 is 0 Å². The van der Waals surface area contributed by atoms with Crippen LogP contribution < -0.4 is 5.32 Å². The normalized spacial score (nSPS) is 10.7. The van der Waals surface area contributed by atoms with E-state index < -0.39 is 0 Å². The van der Waals surface area contributed by atoms with Gasteiger partial charge >= 0.3 is 0 Å². The number of aromatic nitrogens is 2. The Kier molecular flexibility index (Phi) is 4.03. The molecule has 1 heterocycles. The topological polar surface area (TPSA) is 37.8 Å². The van der Waals surface area contributed by atoms with Gasteiger partial charge in [-0.1, -0.05) is 36.4 Å². The minimum Gasteiger partial charge on any atom is -0.355 e. The van der Waals surface area contributed by atoms with E-state index in [0.29, 0.717) is 5.82 Å². The molecule has 0 saturated heterocycles. The molecule has 1 N–H and O–H groups in total. The highest BCUT2D eigenvalue weighted by Crippen LogP contribution is 2.22. The first-order valence-electron chi connectivity index (χ1n) is 6.78. The number of rotatable bonds is 4. The fourth-order valence-corrected chi connectivity index (χ4v) is 1.99. The Labute approximate surface area is 124 Å². The van der Waals surface area contributed by atoms with Crippen LogP contribution in [0, 0.1) is 0 Å². The van der Waals surface area contributed by atoms with Crippen molar-refractivity contribution in [1.82, 2.24) is 9.97 Å². The van der Waals surface area contributed by atoms with E-state index in [9.17, 15) is 0 Å². The number of hydrogen-bond acceptors (Lipinski definition) is 3. The average molecular weight is 273 g/mol. The van der Waals surface area contributed by atoms with Crippen LogP contribution in [0.4, 0.5) is 11.4 Å². The standard InChI is InChI=1S/C18H15N3/c1-2-8-16(9-3-1)21-17-10-5-4-7-15(17)11-12-18-19-13-6-14-20-18/h1-14,21H. The quantitative estimate of drug-likeness (QED) is 0.766. The van der Waals surface area contributed by atoms with E-state index in [2.05, 4.69) is 27.4 Å². The van der Waals surface area contributed by atoms with Crippen LogP contribution in [-0.4, -0.2) is 9.97 Å². The van der Waals surface area contributed by atoms with Crippen molar-refractivity contribution in [2.24, 2.45) is 0 Å². The predicted octanol–water partition coefficient (Wildman–Crippen LogP) is 4.39. The first kappa shape index (κ1) is 13.1. The molecule has 0 saturated carbocycles. The number of nitrogens with zero attached hydrogens (tertiary/aromatic N) is 2. The van der Waals surface area contributed by atoms with E-state index in [1.165, 1.54) is 0 Å². The minimum atomic E-state index is 0.701. The summed E-state index contributed by atoms with van der Waals surface area (Å²) in [5, 5.41) is 3.42. The molecule has 0 amide bonds. The van der Waals surface area contributed by atoms with Gasteiger partial charge < -0.3 is 5.32 Å². The maximum absolute atomic E-state index is 4.19. The summed E-state index contributed by atoms with van der Waals surface area (Å²) in [6, 6.07) is 20.1. The summed E-state index contributed by atoms with van der Waals surface area (Å²) in [5.74, 6) is 0.701. The Balaban J connectivity index is 1.84. The van der Waals surface area contributed by atoms with E-state index in [1.54, 1.807) is 12.4 Å². The second kappa shape index (κ2) is 6.48. The monoisotopic (exact) mass is 273 g/mol. The number of hydrogen-bond donors (Lipinski definition) is 1. The predicted molar refractivity (Wildman–Crippen MR) is 87.1 cm³/mol. The van der Waals surface area contributed by atoms with Gasteiger partial charge in [0.15, 0.2) is 5.82 Å². The van der Waals surface area contributed by atoms with E-state index >= 15 is 0 Å².